The molecule has 84 valence electrons. The molecule has 0 radical (unpaired) electrons. The van der Waals surface area contributed by atoms with Crippen molar-refractivity contribution in [3.05, 3.63) is 0 Å². The number of carbonyl (C=O) groups excluding carboxylic acids is 1. The molecule has 0 aromatic heterocycles. The van der Waals surface area contributed by atoms with Crippen LogP contribution in [0, 0.1) is 5.92 Å². The highest BCUT2D eigenvalue weighted by Crippen LogP contribution is 2.11. The van der Waals surface area contributed by atoms with E-state index in [2.05, 4.69) is 0 Å². The molecule has 0 aromatic carbocycles. The van der Waals surface area contributed by atoms with E-state index in [9.17, 15) is 4.79 Å². The van der Waals surface area contributed by atoms with Crippen LogP contribution in [0.4, 0.5) is 0 Å². The standard InChI is InChI=1S/C11H24N2O/c1-3-11(14)9(2)8-10(13)6-4-5-7-12/h9-10H,3-8,12-13H2,1-2H3. The minimum absolute atomic E-state index is 0.118. The zero-order valence-electron chi connectivity index (χ0n) is 9.46. The third-order valence-corrected chi connectivity index (χ3v) is 2.58. The Kier molecular flexibility index (Phi) is 7.71. The summed E-state index contributed by atoms with van der Waals surface area (Å²) in [7, 11) is 0. The van der Waals surface area contributed by atoms with E-state index >= 15 is 0 Å². The van der Waals surface area contributed by atoms with Crippen LogP contribution < -0.4 is 11.5 Å². The van der Waals surface area contributed by atoms with Crippen LogP contribution in [-0.2, 0) is 4.79 Å². The lowest BCUT2D eigenvalue weighted by atomic mass is 9.94. The molecular weight excluding hydrogens is 176 g/mol. The highest BCUT2D eigenvalue weighted by atomic mass is 16.1. The van der Waals surface area contributed by atoms with Gasteiger partial charge in [0.05, 0.1) is 0 Å². The summed E-state index contributed by atoms with van der Waals surface area (Å²) >= 11 is 0. The van der Waals surface area contributed by atoms with Crippen molar-refractivity contribution < 1.29 is 4.79 Å². The molecule has 0 saturated carbocycles. The Labute approximate surface area is 87.2 Å². The molecule has 0 heterocycles. The first-order valence-corrected chi connectivity index (χ1v) is 5.60. The van der Waals surface area contributed by atoms with E-state index in [-0.39, 0.29) is 12.0 Å². The molecule has 0 saturated heterocycles. The maximum Gasteiger partial charge on any atom is 0.135 e. The predicted molar refractivity (Wildman–Crippen MR) is 60.0 cm³/mol. The van der Waals surface area contributed by atoms with Crippen molar-refractivity contribution in [2.24, 2.45) is 17.4 Å². The van der Waals surface area contributed by atoms with Gasteiger partial charge in [0.25, 0.3) is 0 Å². The Hall–Kier alpha value is -0.410. The van der Waals surface area contributed by atoms with Gasteiger partial charge >= 0.3 is 0 Å². The number of ketones is 1. The van der Waals surface area contributed by atoms with Gasteiger partial charge in [-0.25, -0.2) is 0 Å². The molecule has 0 rings (SSSR count). The summed E-state index contributed by atoms with van der Waals surface area (Å²) in [6.07, 6.45) is 4.53. The fraction of sp³-hybridized carbons (Fsp3) is 0.909. The number of carbonyl (C=O) groups is 1. The quantitative estimate of drug-likeness (QED) is 0.583. The number of Topliss-reactive ketones (excluding diaryl/α,β-unsaturated/α-hetero) is 1. The molecule has 2 unspecified atom stereocenters. The lowest BCUT2D eigenvalue weighted by Gasteiger charge is -2.15. The number of hydrogen-bond acceptors (Lipinski definition) is 3. The maximum atomic E-state index is 11.3. The molecule has 14 heavy (non-hydrogen) atoms. The molecule has 2 atom stereocenters. The molecule has 0 aliphatic carbocycles. The third-order valence-electron chi connectivity index (χ3n) is 2.58. The van der Waals surface area contributed by atoms with Gasteiger partial charge in [0.1, 0.15) is 5.78 Å². The van der Waals surface area contributed by atoms with Crippen LogP contribution >= 0.6 is 0 Å². The number of hydrogen-bond donors (Lipinski definition) is 2. The first kappa shape index (κ1) is 13.6. The SMILES string of the molecule is CCC(=O)C(C)CC(N)CCCCN. The van der Waals surface area contributed by atoms with Crippen LogP contribution in [0.2, 0.25) is 0 Å². The van der Waals surface area contributed by atoms with Crippen molar-refractivity contribution in [3.63, 3.8) is 0 Å². The summed E-state index contributed by atoms with van der Waals surface area (Å²) in [5.74, 6) is 0.437. The molecule has 0 aliphatic rings. The van der Waals surface area contributed by atoms with Crippen LogP contribution in [-0.4, -0.2) is 18.4 Å². The number of nitrogens with two attached hydrogens (primary N) is 2. The zero-order valence-corrected chi connectivity index (χ0v) is 9.46. The lowest BCUT2D eigenvalue weighted by Crippen LogP contribution is -2.26. The highest BCUT2D eigenvalue weighted by molar-refractivity contribution is 5.80. The van der Waals surface area contributed by atoms with Gasteiger partial charge in [-0.15, -0.1) is 0 Å². The van der Waals surface area contributed by atoms with Crippen molar-refractivity contribution in [2.45, 2.75) is 52.0 Å². The summed E-state index contributed by atoms with van der Waals surface area (Å²) in [6, 6.07) is 0.159. The maximum absolute atomic E-state index is 11.3. The van der Waals surface area contributed by atoms with Gasteiger partial charge in [0.15, 0.2) is 0 Å². The fourth-order valence-electron chi connectivity index (χ4n) is 1.60. The van der Waals surface area contributed by atoms with Crippen molar-refractivity contribution in [3.8, 4) is 0 Å². The lowest BCUT2D eigenvalue weighted by molar-refractivity contribution is -0.122. The van der Waals surface area contributed by atoms with Crippen molar-refractivity contribution in [1.29, 1.82) is 0 Å². The molecule has 3 nitrogen and oxygen atoms in total. The second kappa shape index (κ2) is 7.94. The normalized spacial score (nSPS) is 15.1. The summed E-state index contributed by atoms with van der Waals surface area (Å²) in [5, 5.41) is 0. The smallest absolute Gasteiger partial charge is 0.135 e. The summed E-state index contributed by atoms with van der Waals surface area (Å²) < 4.78 is 0. The van der Waals surface area contributed by atoms with E-state index in [1.807, 2.05) is 13.8 Å². The van der Waals surface area contributed by atoms with Crippen molar-refractivity contribution in [2.75, 3.05) is 6.54 Å². The van der Waals surface area contributed by atoms with Crippen LogP contribution in [0.5, 0.6) is 0 Å². The molecule has 3 heteroatoms. The van der Waals surface area contributed by atoms with Crippen LogP contribution in [0.3, 0.4) is 0 Å². The molecule has 0 aromatic rings. The summed E-state index contributed by atoms with van der Waals surface area (Å²) in [4.78, 5) is 11.3. The zero-order chi connectivity index (χ0) is 11.0. The fourth-order valence-corrected chi connectivity index (χ4v) is 1.60. The van der Waals surface area contributed by atoms with Gasteiger partial charge in [-0.1, -0.05) is 20.3 Å². The van der Waals surface area contributed by atoms with Crippen molar-refractivity contribution >= 4 is 5.78 Å². The largest absolute Gasteiger partial charge is 0.330 e. The van der Waals surface area contributed by atoms with Crippen molar-refractivity contribution in [1.82, 2.24) is 0 Å². The minimum Gasteiger partial charge on any atom is -0.330 e. The van der Waals surface area contributed by atoms with E-state index in [0.717, 1.165) is 32.2 Å². The van der Waals surface area contributed by atoms with Gasteiger partial charge < -0.3 is 11.5 Å². The second-order valence-electron chi connectivity index (χ2n) is 4.00. The molecule has 0 bridgehead atoms. The van der Waals surface area contributed by atoms with Crippen LogP contribution in [0.25, 0.3) is 0 Å². The Morgan fingerprint density at radius 1 is 1.36 bits per heavy atom. The molecule has 0 fully saturated rings. The average molecular weight is 200 g/mol. The van der Waals surface area contributed by atoms with E-state index in [1.54, 1.807) is 0 Å². The Morgan fingerprint density at radius 3 is 2.50 bits per heavy atom. The highest BCUT2D eigenvalue weighted by Gasteiger charge is 2.14. The van der Waals surface area contributed by atoms with Gasteiger partial charge in [0, 0.05) is 18.4 Å². The predicted octanol–water partition coefficient (Wildman–Crippen LogP) is 1.45. The Bertz CT molecular complexity index is 159. The van der Waals surface area contributed by atoms with E-state index in [1.165, 1.54) is 0 Å². The first-order valence-electron chi connectivity index (χ1n) is 5.60. The van der Waals surface area contributed by atoms with Crippen LogP contribution in [0.1, 0.15) is 46.0 Å². The molecule has 4 N–H and O–H groups in total. The summed E-state index contributed by atoms with van der Waals surface area (Å²) in [5.41, 5.74) is 11.3. The minimum atomic E-state index is 0.118. The number of rotatable bonds is 8. The molecule has 0 amide bonds. The van der Waals surface area contributed by atoms with Gasteiger partial charge in [0.2, 0.25) is 0 Å². The van der Waals surface area contributed by atoms with Gasteiger partial charge in [-0.2, -0.15) is 0 Å². The first-order chi connectivity index (χ1) is 6.61. The molecule has 0 aliphatic heterocycles. The second-order valence-corrected chi connectivity index (χ2v) is 4.00. The van der Waals surface area contributed by atoms with E-state index < -0.39 is 0 Å². The summed E-state index contributed by atoms with van der Waals surface area (Å²) in [6.45, 7) is 4.60. The average Bonchev–Trinajstić information content (AvgIpc) is 2.16. The van der Waals surface area contributed by atoms with Crippen LogP contribution in [0.15, 0.2) is 0 Å². The van der Waals surface area contributed by atoms with E-state index in [0.29, 0.717) is 12.2 Å². The van der Waals surface area contributed by atoms with Gasteiger partial charge in [-0.3, -0.25) is 4.79 Å². The molecular formula is C11H24N2O. The Morgan fingerprint density at radius 2 is 2.00 bits per heavy atom. The topological polar surface area (TPSA) is 69.1 Å². The van der Waals surface area contributed by atoms with Gasteiger partial charge in [-0.05, 0) is 25.8 Å². The number of unbranched alkanes of at least 4 members (excludes halogenated alkanes) is 1. The Balaban J connectivity index is 3.59. The third kappa shape index (κ3) is 6.11. The molecule has 0 spiro atoms. The van der Waals surface area contributed by atoms with E-state index in [4.69, 9.17) is 11.5 Å². The monoisotopic (exact) mass is 200 g/mol.